The number of likely N-dealkylation sites (N-methyl/N-ethyl adjacent to an activating group) is 1. The first-order valence-electron chi connectivity index (χ1n) is 12.0. The van der Waals surface area contributed by atoms with Gasteiger partial charge in [0.1, 0.15) is 0 Å². The molecular formula is C26H33FN4O4. The Morgan fingerprint density at radius 1 is 1.26 bits per heavy atom. The summed E-state index contributed by atoms with van der Waals surface area (Å²) in [5.41, 5.74) is 2.95. The summed E-state index contributed by atoms with van der Waals surface area (Å²) < 4.78 is 19.4. The van der Waals surface area contributed by atoms with Crippen molar-refractivity contribution in [1.82, 2.24) is 10.2 Å². The first-order valence-corrected chi connectivity index (χ1v) is 12.0. The molecule has 2 N–H and O–H groups in total. The van der Waals surface area contributed by atoms with Crippen LogP contribution in [0.2, 0.25) is 0 Å². The van der Waals surface area contributed by atoms with Crippen molar-refractivity contribution in [3.05, 3.63) is 53.3 Å². The topological polar surface area (TPSA) is 85.3 Å². The number of rotatable bonds is 8. The van der Waals surface area contributed by atoms with Gasteiger partial charge in [0.2, 0.25) is 5.91 Å². The molecule has 188 valence electrons. The molecule has 0 radical (unpaired) electrons. The van der Waals surface area contributed by atoms with Crippen LogP contribution < -0.4 is 19.9 Å². The lowest BCUT2D eigenvalue weighted by Crippen LogP contribution is -2.53. The molecule has 9 heteroatoms. The number of aliphatic hydroxyl groups is 1. The van der Waals surface area contributed by atoms with Crippen molar-refractivity contribution in [2.75, 3.05) is 56.7 Å². The number of hydrogen-bond donors (Lipinski definition) is 2. The lowest BCUT2D eigenvalue weighted by Gasteiger charge is -2.42. The van der Waals surface area contributed by atoms with Crippen molar-refractivity contribution in [2.45, 2.75) is 31.9 Å². The number of fused-ring (bicyclic) bond motifs is 1. The van der Waals surface area contributed by atoms with Crippen molar-refractivity contribution in [2.24, 2.45) is 0 Å². The average molecular weight is 485 g/mol. The molecule has 2 aromatic rings. The zero-order chi connectivity index (χ0) is 25.1. The quantitative estimate of drug-likeness (QED) is 0.597. The van der Waals surface area contributed by atoms with Crippen LogP contribution in [0.15, 0.2) is 36.4 Å². The monoisotopic (exact) mass is 484 g/mol. The predicted octanol–water partition coefficient (Wildman–Crippen LogP) is 2.04. The Kier molecular flexibility index (Phi) is 7.57. The summed E-state index contributed by atoms with van der Waals surface area (Å²) in [5.74, 6) is -0.317. The van der Waals surface area contributed by atoms with Gasteiger partial charge in [-0.1, -0.05) is 6.07 Å². The SMILES string of the molecule is COc1c(F)cccc1N1CCN(CC(O)CCNC(=O)c2ccc3c(c2)CC(=O)N3C)CC1C. The first kappa shape index (κ1) is 24.9. The van der Waals surface area contributed by atoms with Crippen LogP contribution in [0.5, 0.6) is 5.75 Å². The molecule has 0 saturated carbocycles. The number of benzene rings is 2. The number of nitrogens with one attached hydrogen (secondary N) is 1. The second kappa shape index (κ2) is 10.6. The van der Waals surface area contributed by atoms with E-state index in [1.165, 1.54) is 13.2 Å². The standard InChI is InChI=1S/C26H33FN4O4/c1-17-15-30(11-12-31(17)23-6-4-5-21(27)25(23)35-3)16-20(32)9-10-28-26(34)18-7-8-22-19(13-18)14-24(33)29(22)2/h4-8,13,17,20,32H,9-12,14-16H2,1-3H3,(H,28,34). The number of aliphatic hydroxyl groups excluding tert-OH is 1. The number of carbonyl (C=O) groups is 2. The molecule has 0 aromatic heterocycles. The van der Waals surface area contributed by atoms with Gasteiger partial charge in [-0.3, -0.25) is 14.5 Å². The highest BCUT2D eigenvalue weighted by Gasteiger charge is 2.28. The molecule has 2 unspecified atom stereocenters. The van der Waals surface area contributed by atoms with Gasteiger partial charge in [0.15, 0.2) is 11.6 Å². The molecule has 2 aromatic carbocycles. The van der Waals surface area contributed by atoms with E-state index in [2.05, 4.69) is 22.0 Å². The molecule has 1 fully saturated rings. The number of ether oxygens (including phenoxy) is 1. The Balaban J connectivity index is 1.23. The number of methoxy groups -OCH3 is 1. The molecule has 2 aliphatic heterocycles. The van der Waals surface area contributed by atoms with Crippen molar-refractivity contribution in [3.63, 3.8) is 0 Å². The third kappa shape index (κ3) is 5.41. The molecule has 0 spiro atoms. The largest absolute Gasteiger partial charge is 0.492 e. The fourth-order valence-corrected chi connectivity index (χ4v) is 4.94. The minimum absolute atomic E-state index is 0.0194. The van der Waals surface area contributed by atoms with E-state index >= 15 is 0 Å². The van der Waals surface area contributed by atoms with E-state index in [-0.39, 0.29) is 29.4 Å². The van der Waals surface area contributed by atoms with Crippen molar-refractivity contribution >= 4 is 23.2 Å². The van der Waals surface area contributed by atoms with Gasteiger partial charge in [-0.2, -0.15) is 0 Å². The number of hydrogen-bond acceptors (Lipinski definition) is 6. The van der Waals surface area contributed by atoms with E-state index in [1.807, 2.05) is 6.07 Å². The number of piperazine rings is 1. The summed E-state index contributed by atoms with van der Waals surface area (Å²) in [4.78, 5) is 30.3. The van der Waals surface area contributed by atoms with Crippen LogP contribution in [0.4, 0.5) is 15.8 Å². The Morgan fingerprint density at radius 3 is 2.80 bits per heavy atom. The van der Waals surface area contributed by atoms with Crippen LogP contribution in [0.3, 0.4) is 0 Å². The molecule has 2 heterocycles. The number of para-hydroxylation sites is 1. The molecule has 2 atom stereocenters. The highest BCUT2D eigenvalue weighted by Crippen LogP contribution is 2.33. The summed E-state index contributed by atoms with van der Waals surface area (Å²) >= 11 is 0. The Labute approximate surface area is 205 Å². The Hall–Kier alpha value is -3.17. The van der Waals surface area contributed by atoms with E-state index in [1.54, 1.807) is 36.2 Å². The minimum atomic E-state index is -0.580. The van der Waals surface area contributed by atoms with Gasteiger partial charge < -0.3 is 25.0 Å². The second-order valence-electron chi connectivity index (χ2n) is 9.27. The number of amides is 2. The molecule has 0 aliphatic carbocycles. The maximum absolute atomic E-state index is 14.1. The van der Waals surface area contributed by atoms with Crippen LogP contribution in [-0.2, 0) is 11.2 Å². The number of nitrogens with zero attached hydrogens (tertiary/aromatic N) is 3. The fraction of sp³-hybridized carbons (Fsp3) is 0.462. The van der Waals surface area contributed by atoms with Crippen molar-refractivity contribution in [1.29, 1.82) is 0 Å². The van der Waals surface area contributed by atoms with Gasteiger partial charge in [0, 0.05) is 57.1 Å². The molecule has 4 rings (SSSR count). The van der Waals surface area contributed by atoms with Crippen LogP contribution >= 0.6 is 0 Å². The fourth-order valence-electron chi connectivity index (χ4n) is 4.94. The summed E-state index contributed by atoms with van der Waals surface area (Å²) in [5, 5.41) is 13.4. The number of carbonyl (C=O) groups excluding carboxylic acids is 2. The summed E-state index contributed by atoms with van der Waals surface area (Å²) in [7, 11) is 3.20. The van der Waals surface area contributed by atoms with E-state index in [0.717, 1.165) is 30.0 Å². The predicted molar refractivity (Wildman–Crippen MR) is 133 cm³/mol. The molecule has 2 aliphatic rings. The first-order chi connectivity index (χ1) is 16.8. The lowest BCUT2D eigenvalue weighted by atomic mass is 10.1. The maximum Gasteiger partial charge on any atom is 0.251 e. The van der Waals surface area contributed by atoms with E-state index in [0.29, 0.717) is 38.0 Å². The lowest BCUT2D eigenvalue weighted by molar-refractivity contribution is -0.117. The van der Waals surface area contributed by atoms with Crippen molar-refractivity contribution < 1.29 is 23.8 Å². The second-order valence-corrected chi connectivity index (χ2v) is 9.27. The highest BCUT2D eigenvalue weighted by molar-refractivity contribution is 6.03. The Bertz CT molecular complexity index is 1100. The van der Waals surface area contributed by atoms with Gasteiger partial charge in [-0.25, -0.2) is 4.39 Å². The normalized spacial score (nSPS) is 19.0. The highest BCUT2D eigenvalue weighted by atomic mass is 19.1. The molecule has 0 bridgehead atoms. The van der Waals surface area contributed by atoms with Gasteiger partial charge >= 0.3 is 0 Å². The zero-order valence-corrected chi connectivity index (χ0v) is 20.5. The number of β-amino-alcohol motifs (C(OH)–C–C–N with tert-alkyl or cyclic N) is 1. The minimum Gasteiger partial charge on any atom is -0.492 e. The van der Waals surface area contributed by atoms with Gasteiger partial charge in [0.05, 0.1) is 25.3 Å². The molecule has 1 saturated heterocycles. The van der Waals surface area contributed by atoms with Crippen LogP contribution in [0, 0.1) is 5.82 Å². The van der Waals surface area contributed by atoms with Crippen LogP contribution in [-0.4, -0.2) is 80.8 Å². The van der Waals surface area contributed by atoms with Gasteiger partial charge in [-0.15, -0.1) is 0 Å². The van der Waals surface area contributed by atoms with Crippen LogP contribution in [0.1, 0.15) is 29.3 Å². The maximum atomic E-state index is 14.1. The van der Waals surface area contributed by atoms with Gasteiger partial charge in [-0.05, 0) is 49.2 Å². The van der Waals surface area contributed by atoms with E-state index < -0.39 is 6.10 Å². The van der Waals surface area contributed by atoms with Crippen molar-refractivity contribution in [3.8, 4) is 5.75 Å². The van der Waals surface area contributed by atoms with E-state index in [4.69, 9.17) is 4.74 Å². The molecule has 8 nitrogen and oxygen atoms in total. The molecule has 2 amide bonds. The number of anilines is 2. The molecule has 35 heavy (non-hydrogen) atoms. The zero-order valence-electron chi connectivity index (χ0n) is 20.5. The number of halogens is 1. The van der Waals surface area contributed by atoms with E-state index in [9.17, 15) is 19.1 Å². The molecular weight excluding hydrogens is 451 g/mol. The van der Waals surface area contributed by atoms with Crippen LogP contribution in [0.25, 0.3) is 0 Å². The third-order valence-electron chi connectivity index (χ3n) is 6.82. The third-order valence-corrected chi connectivity index (χ3v) is 6.82. The van der Waals surface area contributed by atoms with Gasteiger partial charge in [0.25, 0.3) is 5.91 Å². The summed E-state index contributed by atoms with van der Waals surface area (Å²) in [6.07, 6.45) is 0.164. The summed E-state index contributed by atoms with van der Waals surface area (Å²) in [6, 6.07) is 10.3. The Morgan fingerprint density at radius 2 is 2.06 bits per heavy atom. The smallest absolute Gasteiger partial charge is 0.251 e. The summed E-state index contributed by atoms with van der Waals surface area (Å²) in [6.45, 7) is 5.08. The average Bonchev–Trinajstić information content (AvgIpc) is 3.11.